The van der Waals surface area contributed by atoms with Crippen molar-refractivity contribution in [2.45, 2.75) is 38.6 Å². The number of carbonyl (C=O) groups is 1. The Balaban J connectivity index is 0.00000242. The van der Waals surface area contributed by atoms with Crippen LogP contribution in [0.5, 0.6) is 5.75 Å². The van der Waals surface area contributed by atoms with E-state index < -0.39 is 0 Å². The Kier molecular flexibility index (Phi) is 8.21. The van der Waals surface area contributed by atoms with Gasteiger partial charge in [-0.2, -0.15) is 0 Å². The molecule has 2 N–H and O–H groups in total. The molecule has 1 saturated heterocycles. The lowest BCUT2D eigenvalue weighted by Crippen LogP contribution is -2.47. The van der Waals surface area contributed by atoms with Crippen LogP contribution in [-0.4, -0.2) is 36.5 Å². The molecule has 0 spiro atoms. The van der Waals surface area contributed by atoms with Gasteiger partial charge in [0, 0.05) is 19.1 Å². The molecule has 1 atom stereocenters. The molecule has 6 heteroatoms. The zero-order chi connectivity index (χ0) is 15.2. The van der Waals surface area contributed by atoms with Crippen molar-refractivity contribution in [2.24, 2.45) is 5.73 Å². The third-order valence-electron chi connectivity index (χ3n) is 3.88. The summed E-state index contributed by atoms with van der Waals surface area (Å²) in [5, 5.41) is 0. The van der Waals surface area contributed by atoms with E-state index in [2.05, 4.69) is 15.9 Å². The number of nitrogens with zero attached hydrogens (tertiary/aromatic N) is 1. The molecule has 2 rings (SSSR count). The number of hydrogen-bond donors (Lipinski definition) is 1. The minimum absolute atomic E-state index is 0. The molecule has 1 heterocycles. The second-order valence-electron chi connectivity index (χ2n) is 5.50. The SMILES string of the molecule is Cc1ccc(OCCC(=O)N2CCCCC2CN)c(Br)c1.Cl. The quantitative estimate of drug-likeness (QED) is 0.838. The predicted molar refractivity (Wildman–Crippen MR) is 94.6 cm³/mol. The van der Waals surface area contributed by atoms with E-state index in [1.807, 2.05) is 30.0 Å². The van der Waals surface area contributed by atoms with Gasteiger partial charge >= 0.3 is 0 Å². The number of likely N-dealkylation sites (tertiary alicyclic amines) is 1. The molecule has 22 heavy (non-hydrogen) atoms. The lowest BCUT2D eigenvalue weighted by Gasteiger charge is -2.35. The molecular formula is C16H24BrClN2O2. The van der Waals surface area contributed by atoms with Gasteiger partial charge in [0.1, 0.15) is 5.75 Å². The summed E-state index contributed by atoms with van der Waals surface area (Å²) in [5.41, 5.74) is 6.92. The Labute approximate surface area is 146 Å². The van der Waals surface area contributed by atoms with Crippen LogP contribution in [0.3, 0.4) is 0 Å². The highest BCUT2D eigenvalue weighted by atomic mass is 79.9. The first-order valence-electron chi connectivity index (χ1n) is 7.50. The van der Waals surface area contributed by atoms with Gasteiger partial charge in [0.15, 0.2) is 0 Å². The molecule has 1 aromatic rings. The number of benzene rings is 1. The molecule has 0 bridgehead atoms. The van der Waals surface area contributed by atoms with E-state index in [0.717, 1.165) is 29.6 Å². The molecule has 1 aromatic carbocycles. The van der Waals surface area contributed by atoms with Gasteiger partial charge in [0.2, 0.25) is 5.91 Å². The van der Waals surface area contributed by atoms with Crippen LogP contribution < -0.4 is 10.5 Å². The first-order chi connectivity index (χ1) is 10.1. The molecular weight excluding hydrogens is 368 g/mol. The van der Waals surface area contributed by atoms with Gasteiger partial charge < -0.3 is 15.4 Å². The summed E-state index contributed by atoms with van der Waals surface area (Å²) in [5.74, 6) is 0.927. The first kappa shape index (κ1) is 19.3. The zero-order valence-corrected chi connectivity index (χ0v) is 15.3. The van der Waals surface area contributed by atoms with Gasteiger partial charge in [-0.15, -0.1) is 12.4 Å². The Hall–Kier alpha value is -0.780. The van der Waals surface area contributed by atoms with Gasteiger partial charge in [-0.25, -0.2) is 0 Å². The maximum absolute atomic E-state index is 12.3. The first-order valence-corrected chi connectivity index (χ1v) is 8.29. The van der Waals surface area contributed by atoms with E-state index in [4.69, 9.17) is 10.5 Å². The van der Waals surface area contributed by atoms with Crippen molar-refractivity contribution < 1.29 is 9.53 Å². The number of piperidine rings is 1. The number of nitrogens with two attached hydrogens (primary N) is 1. The van der Waals surface area contributed by atoms with Crippen LogP contribution in [0.4, 0.5) is 0 Å². The molecule has 1 amide bonds. The average molecular weight is 392 g/mol. The predicted octanol–water partition coefficient (Wildman–Crippen LogP) is 3.29. The van der Waals surface area contributed by atoms with Crippen LogP contribution in [0.25, 0.3) is 0 Å². The number of halogens is 2. The van der Waals surface area contributed by atoms with Crippen LogP contribution in [0.1, 0.15) is 31.2 Å². The Morgan fingerprint density at radius 3 is 2.91 bits per heavy atom. The molecule has 1 unspecified atom stereocenters. The zero-order valence-electron chi connectivity index (χ0n) is 12.9. The average Bonchev–Trinajstić information content (AvgIpc) is 2.49. The monoisotopic (exact) mass is 390 g/mol. The van der Waals surface area contributed by atoms with E-state index in [-0.39, 0.29) is 24.4 Å². The van der Waals surface area contributed by atoms with Gasteiger partial charge in [-0.05, 0) is 59.8 Å². The third kappa shape index (κ3) is 5.14. The van der Waals surface area contributed by atoms with Crippen molar-refractivity contribution in [3.8, 4) is 5.75 Å². The lowest BCUT2D eigenvalue weighted by molar-refractivity contribution is -0.135. The second kappa shape index (κ2) is 9.38. The van der Waals surface area contributed by atoms with Gasteiger partial charge in [-0.3, -0.25) is 4.79 Å². The molecule has 0 saturated carbocycles. The summed E-state index contributed by atoms with van der Waals surface area (Å²) in [7, 11) is 0. The molecule has 4 nitrogen and oxygen atoms in total. The number of carbonyl (C=O) groups excluding carboxylic acids is 1. The minimum atomic E-state index is 0. The maximum atomic E-state index is 12.3. The smallest absolute Gasteiger partial charge is 0.226 e. The van der Waals surface area contributed by atoms with Gasteiger partial charge in [0.05, 0.1) is 17.5 Å². The Bertz CT molecular complexity index is 499. The molecule has 0 aromatic heterocycles. The maximum Gasteiger partial charge on any atom is 0.226 e. The summed E-state index contributed by atoms with van der Waals surface area (Å²) in [6, 6.07) is 6.13. The summed E-state index contributed by atoms with van der Waals surface area (Å²) in [6.45, 7) is 3.81. The molecule has 1 aliphatic rings. The van der Waals surface area contributed by atoms with Crippen molar-refractivity contribution in [3.05, 3.63) is 28.2 Å². The van der Waals surface area contributed by atoms with E-state index in [9.17, 15) is 4.79 Å². The van der Waals surface area contributed by atoms with Gasteiger partial charge in [0.25, 0.3) is 0 Å². The summed E-state index contributed by atoms with van der Waals surface area (Å²) >= 11 is 3.47. The van der Waals surface area contributed by atoms with Crippen LogP contribution in [0, 0.1) is 6.92 Å². The standard InChI is InChI=1S/C16H23BrN2O2.ClH/c1-12-5-6-15(14(17)10-12)21-9-7-16(20)19-8-3-2-4-13(19)11-18;/h5-6,10,13H,2-4,7-9,11,18H2,1H3;1H. The minimum Gasteiger partial charge on any atom is -0.492 e. The van der Waals surface area contributed by atoms with Crippen molar-refractivity contribution in [2.75, 3.05) is 19.7 Å². The molecule has 0 aliphatic carbocycles. The van der Waals surface area contributed by atoms with Crippen molar-refractivity contribution >= 4 is 34.2 Å². The molecule has 0 radical (unpaired) electrons. The van der Waals surface area contributed by atoms with Crippen LogP contribution in [0.2, 0.25) is 0 Å². The number of rotatable bonds is 5. The van der Waals surface area contributed by atoms with Gasteiger partial charge in [-0.1, -0.05) is 6.07 Å². The molecule has 124 valence electrons. The molecule has 1 fully saturated rings. The van der Waals surface area contributed by atoms with Crippen molar-refractivity contribution in [1.29, 1.82) is 0 Å². The summed E-state index contributed by atoms with van der Waals surface area (Å²) in [6.07, 6.45) is 3.66. The van der Waals surface area contributed by atoms with E-state index >= 15 is 0 Å². The third-order valence-corrected chi connectivity index (χ3v) is 4.50. The Morgan fingerprint density at radius 1 is 1.45 bits per heavy atom. The Morgan fingerprint density at radius 2 is 2.23 bits per heavy atom. The van der Waals surface area contributed by atoms with E-state index in [0.29, 0.717) is 19.6 Å². The number of ether oxygens (including phenoxy) is 1. The van der Waals surface area contributed by atoms with Crippen LogP contribution >= 0.6 is 28.3 Å². The largest absolute Gasteiger partial charge is 0.492 e. The molecule has 1 aliphatic heterocycles. The fourth-order valence-electron chi connectivity index (χ4n) is 2.69. The van der Waals surface area contributed by atoms with Crippen molar-refractivity contribution in [3.63, 3.8) is 0 Å². The van der Waals surface area contributed by atoms with Crippen molar-refractivity contribution in [1.82, 2.24) is 4.90 Å². The topological polar surface area (TPSA) is 55.6 Å². The fourth-order valence-corrected chi connectivity index (χ4v) is 3.30. The lowest BCUT2D eigenvalue weighted by atomic mass is 10.0. The van der Waals surface area contributed by atoms with Crippen LogP contribution in [0.15, 0.2) is 22.7 Å². The normalized spacial score (nSPS) is 17.8. The number of amides is 1. The fraction of sp³-hybridized carbons (Fsp3) is 0.562. The number of aryl methyl sites for hydroxylation is 1. The second-order valence-corrected chi connectivity index (χ2v) is 6.36. The summed E-state index contributed by atoms with van der Waals surface area (Å²) in [4.78, 5) is 14.2. The highest BCUT2D eigenvalue weighted by molar-refractivity contribution is 9.10. The van der Waals surface area contributed by atoms with Crippen LogP contribution in [-0.2, 0) is 4.79 Å². The highest BCUT2D eigenvalue weighted by Gasteiger charge is 2.25. The van der Waals surface area contributed by atoms with E-state index in [1.54, 1.807) is 0 Å². The summed E-state index contributed by atoms with van der Waals surface area (Å²) < 4.78 is 6.62. The van der Waals surface area contributed by atoms with E-state index in [1.165, 1.54) is 12.0 Å². The number of hydrogen-bond acceptors (Lipinski definition) is 3. The highest BCUT2D eigenvalue weighted by Crippen LogP contribution is 2.26.